The van der Waals surface area contributed by atoms with Crippen molar-refractivity contribution in [2.45, 2.75) is 6.42 Å². The maximum Gasteiger partial charge on any atom is 0.0908 e. The van der Waals surface area contributed by atoms with Gasteiger partial charge in [-0.1, -0.05) is 47.5 Å². The smallest absolute Gasteiger partial charge is 0.0908 e. The zero-order chi connectivity index (χ0) is 14.7. The molecule has 21 heavy (non-hydrogen) atoms. The van der Waals surface area contributed by atoms with E-state index >= 15 is 0 Å². The molecule has 0 fully saturated rings. The summed E-state index contributed by atoms with van der Waals surface area (Å²) < 4.78 is 0. The lowest BCUT2D eigenvalue weighted by Crippen LogP contribution is -2.05. The first-order chi connectivity index (χ1) is 10.2. The van der Waals surface area contributed by atoms with Gasteiger partial charge in [-0.2, -0.15) is 0 Å². The molecule has 0 amide bonds. The summed E-state index contributed by atoms with van der Waals surface area (Å²) in [6, 6.07) is 15.7. The number of fused-ring (bicyclic) bond motifs is 1. The molecule has 1 heterocycles. The molecule has 1 aromatic heterocycles. The normalized spacial score (nSPS) is 10.8. The van der Waals surface area contributed by atoms with Crippen molar-refractivity contribution in [3.63, 3.8) is 0 Å². The molecule has 0 saturated carbocycles. The highest BCUT2D eigenvalue weighted by molar-refractivity contribution is 6.35. The van der Waals surface area contributed by atoms with Gasteiger partial charge in [0.1, 0.15) is 0 Å². The SMILES string of the molecule is Clc1ccc(CCNc2ccnc3c(Cl)cccc23)cc1. The highest BCUT2D eigenvalue weighted by Gasteiger charge is 2.04. The minimum Gasteiger partial charge on any atom is -0.384 e. The second kappa shape index (κ2) is 6.33. The van der Waals surface area contributed by atoms with E-state index in [9.17, 15) is 0 Å². The number of para-hydroxylation sites is 1. The van der Waals surface area contributed by atoms with Crippen molar-refractivity contribution in [1.82, 2.24) is 4.98 Å². The zero-order valence-electron chi connectivity index (χ0n) is 11.3. The second-order valence-electron chi connectivity index (χ2n) is 4.80. The average Bonchev–Trinajstić information content (AvgIpc) is 2.50. The first-order valence-electron chi connectivity index (χ1n) is 6.75. The number of anilines is 1. The van der Waals surface area contributed by atoms with Crippen LogP contribution in [0.25, 0.3) is 10.9 Å². The number of nitrogens with zero attached hydrogens (tertiary/aromatic N) is 1. The van der Waals surface area contributed by atoms with Crippen LogP contribution in [0.5, 0.6) is 0 Å². The van der Waals surface area contributed by atoms with Crippen LogP contribution in [0.4, 0.5) is 5.69 Å². The molecule has 0 saturated heterocycles. The zero-order valence-corrected chi connectivity index (χ0v) is 12.8. The fourth-order valence-corrected chi connectivity index (χ4v) is 2.64. The van der Waals surface area contributed by atoms with Gasteiger partial charge in [0.2, 0.25) is 0 Å². The van der Waals surface area contributed by atoms with Gasteiger partial charge in [-0.3, -0.25) is 4.98 Å². The standard InChI is InChI=1S/C17H14Cl2N2/c18-13-6-4-12(5-7-13)8-10-20-16-9-11-21-17-14(16)2-1-3-15(17)19/h1-7,9,11H,8,10H2,(H,20,21). The van der Waals surface area contributed by atoms with Crippen LogP contribution in [0.2, 0.25) is 10.0 Å². The Morgan fingerprint density at radius 2 is 1.76 bits per heavy atom. The van der Waals surface area contributed by atoms with Gasteiger partial charge in [-0.05, 0) is 36.2 Å². The summed E-state index contributed by atoms with van der Waals surface area (Å²) in [4.78, 5) is 4.33. The van der Waals surface area contributed by atoms with Gasteiger partial charge >= 0.3 is 0 Å². The predicted octanol–water partition coefficient (Wildman–Crippen LogP) is 5.20. The van der Waals surface area contributed by atoms with E-state index in [1.165, 1.54) is 5.56 Å². The molecule has 0 atom stereocenters. The molecule has 2 nitrogen and oxygen atoms in total. The number of pyridine rings is 1. The number of nitrogens with one attached hydrogen (secondary N) is 1. The fourth-order valence-electron chi connectivity index (χ4n) is 2.29. The summed E-state index contributed by atoms with van der Waals surface area (Å²) in [5.74, 6) is 0. The van der Waals surface area contributed by atoms with Crippen LogP contribution >= 0.6 is 23.2 Å². The second-order valence-corrected chi connectivity index (χ2v) is 5.64. The van der Waals surface area contributed by atoms with E-state index in [1.54, 1.807) is 6.20 Å². The third kappa shape index (κ3) is 3.29. The summed E-state index contributed by atoms with van der Waals surface area (Å²) in [6.07, 6.45) is 2.71. The number of aromatic nitrogens is 1. The molecule has 0 unspecified atom stereocenters. The van der Waals surface area contributed by atoms with E-state index in [0.29, 0.717) is 5.02 Å². The van der Waals surface area contributed by atoms with Gasteiger partial charge < -0.3 is 5.32 Å². The van der Waals surface area contributed by atoms with Crippen LogP contribution in [-0.2, 0) is 6.42 Å². The minimum atomic E-state index is 0.675. The third-order valence-electron chi connectivity index (χ3n) is 3.36. The monoisotopic (exact) mass is 316 g/mol. The van der Waals surface area contributed by atoms with E-state index in [0.717, 1.165) is 34.6 Å². The lowest BCUT2D eigenvalue weighted by atomic mass is 10.1. The van der Waals surface area contributed by atoms with Crippen LogP contribution in [-0.4, -0.2) is 11.5 Å². The van der Waals surface area contributed by atoms with Gasteiger partial charge in [0.15, 0.2) is 0 Å². The van der Waals surface area contributed by atoms with Crippen LogP contribution in [0, 0.1) is 0 Å². The lowest BCUT2D eigenvalue weighted by Gasteiger charge is -2.10. The summed E-state index contributed by atoms with van der Waals surface area (Å²) >= 11 is 12.1. The molecule has 0 bridgehead atoms. The lowest BCUT2D eigenvalue weighted by molar-refractivity contribution is 1.02. The number of halogens is 2. The van der Waals surface area contributed by atoms with Gasteiger partial charge in [-0.15, -0.1) is 0 Å². The maximum absolute atomic E-state index is 6.17. The highest BCUT2D eigenvalue weighted by Crippen LogP contribution is 2.26. The van der Waals surface area contributed by atoms with Gasteiger partial charge in [0.25, 0.3) is 0 Å². The number of rotatable bonds is 4. The number of hydrogen-bond acceptors (Lipinski definition) is 2. The number of benzene rings is 2. The maximum atomic E-state index is 6.17. The molecular formula is C17H14Cl2N2. The first-order valence-corrected chi connectivity index (χ1v) is 7.51. The predicted molar refractivity (Wildman–Crippen MR) is 90.4 cm³/mol. The van der Waals surface area contributed by atoms with Crippen molar-refractivity contribution in [3.8, 4) is 0 Å². The molecule has 1 N–H and O–H groups in total. The van der Waals surface area contributed by atoms with Crippen LogP contribution in [0.1, 0.15) is 5.56 Å². The molecular weight excluding hydrogens is 303 g/mol. The van der Waals surface area contributed by atoms with Crippen LogP contribution in [0.15, 0.2) is 54.7 Å². The molecule has 3 rings (SSSR count). The molecule has 106 valence electrons. The molecule has 0 spiro atoms. The number of hydrogen-bond donors (Lipinski definition) is 1. The Hall–Kier alpha value is -1.77. The van der Waals surface area contributed by atoms with Crippen molar-refractivity contribution >= 4 is 39.8 Å². The Labute approximate surface area is 133 Å². The summed E-state index contributed by atoms with van der Waals surface area (Å²) in [6.45, 7) is 0.841. The van der Waals surface area contributed by atoms with Gasteiger partial charge in [-0.25, -0.2) is 0 Å². The van der Waals surface area contributed by atoms with Crippen molar-refractivity contribution in [3.05, 3.63) is 70.3 Å². The van der Waals surface area contributed by atoms with E-state index in [4.69, 9.17) is 23.2 Å². The third-order valence-corrected chi connectivity index (χ3v) is 3.92. The Bertz CT molecular complexity index is 754. The fraction of sp³-hybridized carbons (Fsp3) is 0.118. The van der Waals surface area contributed by atoms with Crippen molar-refractivity contribution < 1.29 is 0 Å². The van der Waals surface area contributed by atoms with E-state index in [-0.39, 0.29) is 0 Å². The molecule has 4 heteroatoms. The molecule has 3 aromatic rings. The Morgan fingerprint density at radius 3 is 2.57 bits per heavy atom. The first kappa shape index (κ1) is 14.2. The molecule has 0 aliphatic rings. The van der Waals surface area contributed by atoms with Crippen molar-refractivity contribution in [1.29, 1.82) is 0 Å². The highest BCUT2D eigenvalue weighted by atomic mass is 35.5. The minimum absolute atomic E-state index is 0.675. The summed E-state index contributed by atoms with van der Waals surface area (Å²) in [5, 5.41) is 5.93. The Morgan fingerprint density at radius 1 is 0.952 bits per heavy atom. The molecule has 0 aliphatic heterocycles. The summed E-state index contributed by atoms with van der Waals surface area (Å²) in [5.41, 5.74) is 3.13. The summed E-state index contributed by atoms with van der Waals surface area (Å²) in [7, 11) is 0. The van der Waals surface area contributed by atoms with Crippen molar-refractivity contribution in [2.24, 2.45) is 0 Å². The Kier molecular flexibility index (Phi) is 4.28. The van der Waals surface area contributed by atoms with Gasteiger partial charge in [0.05, 0.1) is 10.5 Å². The average molecular weight is 317 g/mol. The van der Waals surface area contributed by atoms with Crippen LogP contribution in [0.3, 0.4) is 0 Å². The largest absolute Gasteiger partial charge is 0.384 e. The molecule has 2 aromatic carbocycles. The van der Waals surface area contributed by atoms with Crippen LogP contribution < -0.4 is 5.32 Å². The Balaban J connectivity index is 1.73. The van der Waals surface area contributed by atoms with E-state index in [2.05, 4.69) is 10.3 Å². The van der Waals surface area contributed by atoms with E-state index in [1.807, 2.05) is 48.5 Å². The molecule has 0 radical (unpaired) electrons. The van der Waals surface area contributed by atoms with Gasteiger partial charge in [0, 0.05) is 28.8 Å². The quantitative estimate of drug-likeness (QED) is 0.716. The topological polar surface area (TPSA) is 24.9 Å². The van der Waals surface area contributed by atoms with Crippen molar-refractivity contribution in [2.75, 3.05) is 11.9 Å². The van der Waals surface area contributed by atoms with E-state index < -0.39 is 0 Å². The molecule has 0 aliphatic carbocycles.